The number of benzene rings is 1. The number of rotatable bonds is 5. The Morgan fingerprint density at radius 3 is 2.97 bits per heavy atom. The van der Waals surface area contributed by atoms with Crippen LogP contribution >= 0.6 is 0 Å². The molecule has 1 aliphatic rings. The summed E-state index contributed by atoms with van der Waals surface area (Å²) in [5.41, 5.74) is 4.91. The van der Waals surface area contributed by atoms with Gasteiger partial charge in [0.25, 0.3) is 0 Å². The summed E-state index contributed by atoms with van der Waals surface area (Å²) in [5.74, 6) is 2.28. The first-order valence-electron chi connectivity index (χ1n) is 10.0. The summed E-state index contributed by atoms with van der Waals surface area (Å²) < 4.78 is 13.2. The van der Waals surface area contributed by atoms with Crippen molar-refractivity contribution in [2.45, 2.75) is 33.0 Å². The Bertz CT molecular complexity index is 1150. The molecule has 3 aromatic heterocycles. The van der Waals surface area contributed by atoms with Gasteiger partial charge in [0.05, 0.1) is 19.1 Å². The number of hydrogen-bond donors (Lipinski definition) is 0. The summed E-state index contributed by atoms with van der Waals surface area (Å²) >= 11 is 0. The van der Waals surface area contributed by atoms with Crippen molar-refractivity contribution in [3.05, 3.63) is 65.8 Å². The van der Waals surface area contributed by atoms with Gasteiger partial charge in [0.15, 0.2) is 11.6 Å². The van der Waals surface area contributed by atoms with Gasteiger partial charge in [-0.1, -0.05) is 0 Å². The molecule has 0 aliphatic carbocycles. The summed E-state index contributed by atoms with van der Waals surface area (Å²) in [6.45, 7) is 5.87. The predicted molar refractivity (Wildman–Crippen MR) is 112 cm³/mol. The molecular weight excluding hydrogens is 364 g/mol. The summed E-state index contributed by atoms with van der Waals surface area (Å²) in [7, 11) is 1.72. The third kappa shape index (κ3) is 3.29. The molecule has 0 N–H and O–H groups in total. The highest BCUT2D eigenvalue weighted by Crippen LogP contribution is 2.29. The van der Waals surface area contributed by atoms with Crippen molar-refractivity contribution in [3.8, 4) is 17.3 Å². The van der Waals surface area contributed by atoms with Crippen LogP contribution in [0.4, 0.5) is 0 Å². The van der Waals surface area contributed by atoms with Crippen molar-refractivity contribution < 1.29 is 9.15 Å². The van der Waals surface area contributed by atoms with E-state index in [0.717, 1.165) is 49.8 Å². The first kappa shape index (κ1) is 17.9. The highest BCUT2D eigenvalue weighted by molar-refractivity contribution is 5.85. The van der Waals surface area contributed by atoms with Crippen molar-refractivity contribution in [2.75, 3.05) is 13.7 Å². The molecule has 29 heavy (non-hydrogen) atoms. The monoisotopic (exact) mass is 388 g/mol. The van der Waals surface area contributed by atoms with Gasteiger partial charge < -0.3 is 13.7 Å². The van der Waals surface area contributed by atoms with Crippen LogP contribution in [-0.2, 0) is 26.1 Å². The van der Waals surface area contributed by atoms with Gasteiger partial charge in [-0.2, -0.15) is 0 Å². The molecule has 1 aromatic carbocycles. The Labute approximate surface area is 169 Å². The van der Waals surface area contributed by atoms with Crippen molar-refractivity contribution >= 4 is 10.9 Å². The number of aryl methyl sites for hydroxylation is 1. The second-order valence-electron chi connectivity index (χ2n) is 7.43. The molecule has 0 bridgehead atoms. The fourth-order valence-corrected chi connectivity index (χ4v) is 4.14. The minimum absolute atomic E-state index is 0.667. The van der Waals surface area contributed by atoms with E-state index in [2.05, 4.69) is 39.7 Å². The van der Waals surface area contributed by atoms with Gasteiger partial charge in [0.2, 0.25) is 0 Å². The molecular formula is C23H24N4O2. The van der Waals surface area contributed by atoms with Gasteiger partial charge in [-0.05, 0) is 42.8 Å². The Kier molecular flexibility index (Phi) is 4.56. The number of ether oxygens (including phenoxy) is 1. The summed E-state index contributed by atoms with van der Waals surface area (Å²) in [4.78, 5) is 11.7. The molecule has 0 saturated heterocycles. The predicted octanol–water partition coefficient (Wildman–Crippen LogP) is 4.28. The molecule has 0 spiro atoms. The van der Waals surface area contributed by atoms with Gasteiger partial charge in [0, 0.05) is 61.5 Å². The largest absolute Gasteiger partial charge is 0.497 e. The van der Waals surface area contributed by atoms with Crippen molar-refractivity contribution in [1.29, 1.82) is 0 Å². The lowest BCUT2D eigenvalue weighted by Gasteiger charge is -2.27. The number of furan rings is 1. The lowest BCUT2D eigenvalue weighted by Crippen LogP contribution is -2.30. The van der Waals surface area contributed by atoms with E-state index >= 15 is 0 Å². The highest BCUT2D eigenvalue weighted by Gasteiger charge is 2.21. The number of aromatic nitrogens is 3. The van der Waals surface area contributed by atoms with Crippen LogP contribution in [0.1, 0.15) is 23.7 Å². The molecule has 4 heterocycles. The van der Waals surface area contributed by atoms with Crippen LogP contribution in [0.15, 0.2) is 53.4 Å². The Morgan fingerprint density at radius 2 is 2.17 bits per heavy atom. The van der Waals surface area contributed by atoms with Crippen LogP contribution in [0.5, 0.6) is 5.75 Å². The number of nitrogens with zero attached hydrogens (tertiary/aromatic N) is 4. The Hall–Kier alpha value is -3.12. The molecule has 0 radical (unpaired) electrons. The minimum atomic E-state index is 0.667. The number of hydrogen-bond acceptors (Lipinski definition) is 5. The zero-order valence-corrected chi connectivity index (χ0v) is 16.8. The maximum Gasteiger partial charge on any atom is 0.195 e. The van der Waals surface area contributed by atoms with Crippen molar-refractivity contribution in [3.63, 3.8) is 0 Å². The van der Waals surface area contributed by atoms with E-state index < -0.39 is 0 Å². The van der Waals surface area contributed by atoms with Crippen LogP contribution in [0.3, 0.4) is 0 Å². The second-order valence-corrected chi connectivity index (χ2v) is 7.43. The Morgan fingerprint density at radius 1 is 1.24 bits per heavy atom. The summed E-state index contributed by atoms with van der Waals surface area (Å²) in [5, 5.41) is 1.27. The summed E-state index contributed by atoms with van der Waals surface area (Å²) in [6, 6.07) is 10.1. The number of fused-ring (bicyclic) bond motifs is 2. The zero-order chi connectivity index (χ0) is 19.8. The van der Waals surface area contributed by atoms with Gasteiger partial charge in [-0.3, -0.25) is 4.90 Å². The first-order chi connectivity index (χ1) is 14.2. The molecule has 6 heteroatoms. The lowest BCUT2D eigenvalue weighted by molar-refractivity contribution is 0.243. The van der Waals surface area contributed by atoms with Crippen LogP contribution in [0, 0.1) is 0 Å². The highest BCUT2D eigenvalue weighted by atomic mass is 16.5. The minimum Gasteiger partial charge on any atom is -0.497 e. The summed E-state index contributed by atoms with van der Waals surface area (Å²) in [6.07, 6.45) is 6.80. The third-order valence-corrected chi connectivity index (χ3v) is 5.66. The van der Waals surface area contributed by atoms with Crippen LogP contribution < -0.4 is 4.74 Å². The quantitative estimate of drug-likeness (QED) is 0.511. The molecule has 0 unspecified atom stereocenters. The van der Waals surface area contributed by atoms with Crippen LogP contribution in [0.2, 0.25) is 0 Å². The standard InChI is InChI=1S/C23H24N4O2/c1-3-27-15-17(19-11-18(28-2)6-7-21(19)27)14-26-9-8-20-16(13-26)12-24-23(25-20)22-5-4-10-29-22/h4-7,10-12,15H,3,8-9,13-14H2,1-2H3. The van der Waals surface area contributed by atoms with E-state index in [0.29, 0.717) is 5.82 Å². The van der Waals surface area contributed by atoms with E-state index in [1.807, 2.05) is 24.4 Å². The van der Waals surface area contributed by atoms with E-state index in [-0.39, 0.29) is 0 Å². The fourth-order valence-electron chi connectivity index (χ4n) is 4.14. The molecule has 1 aliphatic heterocycles. The van der Waals surface area contributed by atoms with Gasteiger partial charge in [-0.15, -0.1) is 0 Å². The van der Waals surface area contributed by atoms with E-state index in [1.165, 1.54) is 22.0 Å². The molecule has 0 fully saturated rings. The third-order valence-electron chi connectivity index (χ3n) is 5.66. The molecule has 0 atom stereocenters. The van der Waals surface area contributed by atoms with Crippen molar-refractivity contribution in [2.24, 2.45) is 0 Å². The van der Waals surface area contributed by atoms with Crippen LogP contribution in [-0.4, -0.2) is 33.1 Å². The van der Waals surface area contributed by atoms with Gasteiger partial charge in [-0.25, -0.2) is 9.97 Å². The fraction of sp³-hybridized carbons (Fsp3) is 0.304. The molecule has 6 nitrogen and oxygen atoms in total. The molecule has 0 saturated carbocycles. The SMILES string of the molecule is CCn1cc(CN2CCc3nc(-c4ccco4)ncc3C2)c2cc(OC)ccc21. The zero-order valence-electron chi connectivity index (χ0n) is 16.8. The molecule has 0 amide bonds. The maximum atomic E-state index is 5.45. The smallest absolute Gasteiger partial charge is 0.195 e. The molecule has 5 rings (SSSR count). The molecule has 148 valence electrons. The number of methoxy groups -OCH3 is 1. The van der Waals surface area contributed by atoms with E-state index in [9.17, 15) is 0 Å². The normalized spacial score (nSPS) is 14.3. The first-order valence-corrected chi connectivity index (χ1v) is 10.0. The molecule has 4 aromatic rings. The average molecular weight is 388 g/mol. The Balaban J connectivity index is 1.40. The topological polar surface area (TPSA) is 56.3 Å². The maximum absolute atomic E-state index is 5.45. The average Bonchev–Trinajstić information content (AvgIpc) is 3.41. The van der Waals surface area contributed by atoms with Gasteiger partial charge >= 0.3 is 0 Å². The van der Waals surface area contributed by atoms with E-state index in [4.69, 9.17) is 14.1 Å². The van der Waals surface area contributed by atoms with Gasteiger partial charge in [0.1, 0.15) is 5.75 Å². The second kappa shape index (κ2) is 7.37. The van der Waals surface area contributed by atoms with Crippen molar-refractivity contribution in [1.82, 2.24) is 19.4 Å². The lowest BCUT2D eigenvalue weighted by atomic mass is 10.1. The van der Waals surface area contributed by atoms with Crippen LogP contribution in [0.25, 0.3) is 22.5 Å². The van der Waals surface area contributed by atoms with E-state index in [1.54, 1.807) is 13.4 Å².